The molecule has 1 N–H and O–H groups in total. The summed E-state index contributed by atoms with van der Waals surface area (Å²) < 4.78 is 0. The van der Waals surface area contributed by atoms with Crippen molar-refractivity contribution in [2.75, 3.05) is 16.8 Å². The van der Waals surface area contributed by atoms with Gasteiger partial charge in [0, 0.05) is 23.8 Å². The fourth-order valence-electron chi connectivity index (χ4n) is 3.38. The summed E-state index contributed by atoms with van der Waals surface area (Å²) in [5.74, 6) is -0.256. The first-order valence-corrected chi connectivity index (χ1v) is 9.61. The van der Waals surface area contributed by atoms with E-state index in [0.717, 1.165) is 28.8 Å². The summed E-state index contributed by atoms with van der Waals surface area (Å²) in [7, 11) is 0. The lowest BCUT2D eigenvalue weighted by molar-refractivity contribution is 0.102. The maximum absolute atomic E-state index is 12.7. The molecule has 1 amide bonds. The minimum atomic E-state index is -0.256. The van der Waals surface area contributed by atoms with E-state index in [1.54, 1.807) is 18.5 Å². The minimum Gasteiger partial charge on any atom is -0.341 e. The van der Waals surface area contributed by atoms with E-state index in [9.17, 15) is 4.79 Å². The number of rotatable bonds is 5. The van der Waals surface area contributed by atoms with Crippen LogP contribution in [0.2, 0.25) is 0 Å². The van der Waals surface area contributed by atoms with Crippen LogP contribution in [0.1, 0.15) is 23.0 Å². The summed E-state index contributed by atoms with van der Waals surface area (Å²) in [6, 6.07) is 21.6. The van der Waals surface area contributed by atoms with Crippen molar-refractivity contribution in [3.05, 3.63) is 90.4 Å². The first-order chi connectivity index (χ1) is 14.2. The van der Waals surface area contributed by atoms with Crippen molar-refractivity contribution in [2.45, 2.75) is 13.8 Å². The smallest absolute Gasteiger partial charge is 0.274 e. The molecule has 0 spiro atoms. The lowest BCUT2D eigenvalue weighted by Crippen LogP contribution is -2.18. The van der Waals surface area contributed by atoms with E-state index >= 15 is 0 Å². The van der Waals surface area contributed by atoms with Crippen molar-refractivity contribution in [2.24, 2.45) is 0 Å². The van der Waals surface area contributed by atoms with Gasteiger partial charge in [-0.2, -0.15) is 0 Å². The third kappa shape index (κ3) is 3.94. The standard InChI is InChI=1S/C24H22N4O/c1-3-28(19-10-4-7-17(2)15-19)20-12-13-22(26-16-20)24(29)27-21-11-5-8-18-9-6-14-25-23(18)21/h4-16H,3H2,1-2H3,(H,27,29). The molecule has 144 valence electrons. The molecule has 0 aliphatic heterocycles. The molecule has 0 fully saturated rings. The van der Waals surface area contributed by atoms with Gasteiger partial charge in [-0.3, -0.25) is 9.78 Å². The van der Waals surface area contributed by atoms with Crippen LogP contribution in [0.3, 0.4) is 0 Å². The minimum absolute atomic E-state index is 0.256. The van der Waals surface area contributed by atoms with E-state index in [2.05, 4.69) is 52.2 Å². The van der Waals surface area contributed by atoms with Gasteiger partial charge in [0.1, 0.15) is 5.69 Å². The predicted molar refractivity (Wildman–Crippen MR) is 118 cm³/mol. The number of carbonyl (C=O) groups excluding carboxylic acids is 1. The molecule has 0 saturated heterocycles. The molecule has 4 rings (SSSR count). The topological polar surface area (TPSA) is 58.1 Å². The van der Waals surface area contributed by atoms with Gasteiger partial charge in [-0.1, -0.05) is 30.3 Å². The second-order valence-electron chi connectivity index (χ2n) is 6.82. The number of aromatic nitrogens is 2. The number of hydrogen-bond donors (Lipinski definition) is 1. The van der Waals surface area contributed by atoms with E-state index in [4.69, 9.17) is 0 Å². The Bertz CT molecular complexity index is 1150. The van der Waals surface area contributed by atoms with Crippen molar-refractivity contribution in [1.82, 2.24) is 9.97 Å². The van der Waals surface area contributed by atoms with Gasteiger partial charge < -0.3 is 10.2 Å². The van der Waals surface area contributed by atoms with Gasteiger partial charge in [-0.15, -0.1) is 0 Å². The number of amides is 1. The first kappa shape index (κ1) is 18.6. The number of hydrogen-bond acceptors (Lipinski definition) is 4. The van der Waals surface area contributed by atoms with Crippen LogP contribution in [0, 0.1) is 6.92 Å². The number of nitrogens with zero attached hydrogens (tertiary/aromatic N) is 3. The van der Waals surface area contributed by atoms with Gasteiger partial charge in [-0.25, -0.2) is 4.98 Å². The maximum Gasteiger partial charge on any atom is 0.274 e. The summed E-state index contributed by atoms with van der Waals surface area (Å²) in [5.41, 5.74) is 5.05. The quantitative estimate of drug-likeness (QED) is 0.506. The van der Waals surface area contributed by atoms with Crippen LogP contribution in [0.25, 0.3) is 10.9 Å². The van der Waals surface area contributed by atoms with E-state index in [1.165, 1.54) is 5.56 Å². The summed E-state index contributed by atoms with van der Waals surface area (Å²) in [5, 5.41) is 3.90. The van der Waals surface area contributed by atoms with Gasteiger partial charge >= 0.3 is 0 Å². The first-order valence-electron chi connectivity index (χ1n) is 9.61. The van der Waals surface area contributed by atoms with Gasteiger partial charge in [0.25, 0.3) is 5.91 Å². The molecule has 5 nitrogen and oxygen atoms in total. The Hall–Kier alpha value is -3.73. The lowest BCUT2D eigenvalue weighted by Gasteiger charge is -2.23. The van der Waals surface area contributed by atoms with Crippen LogP contribution in [-0.4, -0.2) is 22.4 Å². The van der Waals surface area contributed by atoms with Crippen LogP contribution in [0.5, 0.6) is 0 Å². The zero-order valence-corrected chi connectivity index (χ0v) is 16.5. The lowest BCUT2D eigenvalue weighted by atomic mass is 10.2. The third-order valence-electron chi connectivity index (χ3n) is 4.80. The van der Waals surface area contributed by atoms with Gasteiger partial charge in [0.2, 0.25) is 0 Å². The molecule has 0 unspecified atom stereocenters. The number of benzene rings is 2. The molecule has 4 aromatic rings. The van der Waals surface area contributed by atoms with Crippen LogP contribution in [0.4, 0.5) is 17.1 Å². The molecular weight excluding hydrogens is 360 g/mol. The molecule has 2 aromatic heterocycles. The average molecular weight is 382 g/mol. The molecule has 0 atom stereocenters. The molecule has 2 aromatic carbocycles. The molecular formula is C24H22N4O. The Balaban J connectivity index is 1.56. The number of carbonyl (C=O) groups is 1. The van der Waals surface area contributed by atoms with E-state index < -0.39 is 0 Å². The van der Waals surface area contributed by atoms with Crippen molar-refractivity contribution in [3.8, 4) is 0 Å². The van der Waals surface area contributed by atoms with Gasteiger partial charge in [-0.05, 0) is 55.8 Å². The van der Waals surface area contributed by atoms with Crippen LogP contribution < -0.4 is 10.2 Å². The van der Waals surface area contributed by atoms with E-state index in [-0.39, 0.29) is 5.91 Å². The van der Waals surface area contributed by atoms with E-state index in [1.807, 2.05) is 42.5 Å². The van der Waals surface area contributed by atoms with Crippen molar-refractivity contribution in [3.63, 3.8) is 0 Å². The maximum atomic E-state index is 12.7. The normalized spacial score (nSPS) is 10.7. The Morgan fingerprint density at radius 1 is 0.966 bits per heavy atom. The Morgan fingerprint density at radius 3 is 2.55 bits per heavy atom. The average Bonchev–Trinajstić information content (AvgIpc) is 2.75. The highest BCUT2D eigenvalue weighted by atomic mass is 16.1. The number of pyridine rings is 2. The number of nitrogens with one attached hydrogen (secondary N) is 1. The third-order valence-corrected chi connectivity index (χ3v) is 4.80. The molecule has 0 bridgehead atoms. The van der Waals surface area contributed by atoms with Crippen LogP contribution in [0.15, 0.2) is 79.1 Å². The van der Waals surface area contributed by atoms with E-state index in [0.29, 0.717) is 11.4 Å². The SMILES string of the molecule is CCN(c1ccc(C(=O)Nc2cccc3cccnc23)nc1)c1cccc(C)c1. The molecule has 0 aliphatic carbocycles. The van der Waals surface area contributed by atoms with Crippen LogP contribution >= 0.6 is 0 Å². The fourth-order valence-corrected chi connectivity index (χ4v) is 3.38. The fraction of sp³-hybridized carbons (Fsp3) is 0.125. The number of para-hydroxylation sites is 1. The molecule has 0 radical (unpaired) electrons. The highest BCUT2D eigenvalue weighted by molar-refractivity contribution is 6.07. The summed E-state index contributed by atoms with van der Waals surface area (Å²) >= 11 is 0. The van der Waals surface area contributed by atoms with Gasteiger partial charge in [0.05, 0.1) is 23.1 Å². The molecule has 29 heavy (non-hydrogen) atoms. The predicted octanol–water partition coefficient (Wildman–Crippen LogP) is 5.35. The molecule has 0 aliphatic rings. The zero-order valence-electron chi connectivity index (χ0n) is 16.5. The zero-order chi connectivity index (χ0) is 20.2. The summed E-state index contributed by atoms with van der Waals surface area (Å²) in [6.45, 7) is 4.97. The van der Waals surface area contributed by atoms with Crippen molar-refractivity contribution < 1.29 is 4.79 Å². The molecule has 5 heteroatoms. The molecule has 2 heterocycles. The highest BCUT2D eigenvalue weighted by Gasteiger charge is 2.13. The summed E-state index contributed by atoms with van der Waals surface area (Å²) in [4.78, 5) is 23.6. The number of fused-ring (bicyclic) bond motifs is 1. The second kappa shape index (κ2) is 8.10. The monoisotopic (exact) mass is 382 g/mol. The Labute approximate surface area is 170 Å². The molecule has 0 saturated carbocycles. The van der Waals surface area contributed by atoms with Crippen LogP contribution in [-0.2, 0) is 0 Å². The number of aryl methyl sites for hydroxylation is 1. The van der Waals surface area contributed by atoms with Crippen molar-refractivity contribution in [1.29, 1.82) is 0 Å². The van der Waals surface area contributed by atoms with Gasteiger partial charge in [0.15, 0.2) is 0 Å². The Morgan fingerprint density at radius 2 is 1.79 bits per heavy atom. The number of anilines is 3. The van der Waals surface area contributed by atoms with Crippen molar-refractivity contribution >= 4 is 33.9 Å². The Kier molecular flexibility index (Phi) is 5.20. The second-order valence-corrected chi connectivity index (χ2v) is 6.82. The largest absolute Gasteiger partial charge is 0.341 e. The highest BCUT2D eigenvalue weighted by Crippen LogP contribution is 2.26. The summed E-state index contributed by atoms with van der Waals surface area (Å²) in [6.07, 6.45) is 3.46.